The van der Waals surface area contributed by atoms with Crippen molar-refractivity contribution in [1.29, 1.82) is 0 Å². The molecule has 0 unspecified atom stereocenters. The van der Waals surface area contributed by atoms with Gasteiger partial charge >= 0.3 is 0 Å². The van der Waals surface area contributed by atoms with E-state index in [4.69, 9.17) is 4.74 Å². The van der Waals surface area contributed by atoms with Crippen LogP contribution in [0.5, 0.6) is 5.75 Å². The quantitative estimate of drug-likeness (QED) is 0.768. The first-order valence-corrected chi connectivity index (χ1v) is 4.58. The first-order valence-electron chi connectivity index (χ1n) is 4.58. The molecule has 2 heteroatoms. The highest BCUT2D eigenvalue weighted by Crippen LogP contribution is 2.19. The maximum atomic E-state index is 9.48. The summed E-state index contributed by atoms with van der Waals surface area (Å²) >= 11 is 0. The highest BCUT2D eigenvalue weighted by Gasteiger charge is 2.06. The zero-order valence-corrected chi connectivity index (χ0v) is 8.16. The maximum Gasteiger partial charge on any atom is 0.122 e. The summed E-state index contributed by atoms with van der Waals surface area (Å²) in [4.78, 5) is 0. The molecule has 0 aliphatic heterocycles. The molecule has 72 valence electrons. The van der Waals surface area contributed by atoms with Gasteiger partial charge in [-0.3, -0.25) is 0 Å². The molecule has 1 aromatic carbocycles. The van der Waals surface area contributed by atoms with E-state index >= 15 is 0 Å². The molecule has 1 N–H and O–H groups in total. The number of ether oxygens (including phenoxy) is 1. The van der Waals surface area contributed by atoms with E-state index in [-0.39, 0.29) is 6.10 Å². The summed E-state index contributed by atoms with van der Waals surface area (Å²) in [7, 11) is 1.65. The smallest absolute Gasteiger partial charge is 0.122 e. The molecule has 1 rings (SSSR count). The Morgan fingerprint density at radius 1 is 1.38 bits per heavy atom. The van der Waals surface area contributed by atoms with Crippen LogP contribution < -0.4 is 4.74 Å². The van der Waals surface area contributed by atoms with Gasteiger partial charge in [0.15, 0.2) is 0 Å². The molecule has 0 aromatic heterocycles. The van der Waals surface area contributed by atoms with Crippen molar-refractivity contribution in [3.05, 3.63) is 29.8 Å². The lowest BCUT2D eigenvalue weighted by Gasteiger charge is -2.11. The molecule has 0 amide bonds. The third kappa shape index (κ3) is 2.74. The van der Waals surface area contributed by atoms with Crippen molar-refractivity contribution in [1.82, 2.24) is 0 Å². The van der Waals surface area contributed by atoms with Gasteiger partial charge in [0.25, 0.3) is 0 Å². The third-order valence-electron chi connectivity index (χ3n) is 2.12. The zero-order chi connectivity index (χ0) is 9.68. The van der Waals surface area contributed by atoms with Crippen LogP contribution >= 0.6 is 0 Å². The summed E-state index contributed by atoms with van der Waals surface area (Å²) in [5, 5.41) is 9.48. The van der Waals surface area contributed by atoms with Crippen LogP contribution in [0.15, 0.2) is 24.3 Å². The molecule has 0 aliphatic carbocycles. The molecular formula is C11H16O2. The fraction of sp³-hybridized carbons (Fsp3) is 0.455. The second kappa shape index (κ2) is 4.87. The number of aliphatic hydroxyl groups excluding tert-OH is 1. The van der Waals surface area contributed by atoms with Gasteiger partial charge in [0.1, 0.15) is 5.75 Å². The van der Waals surface area contributed by atoms with E-state index in [9.17, 15) is 5.11 Å². The van der Waals surface area contributed by atoms with Gasteiger partial charge in [0.05, 0.1) is 13.2 Å². The Bertz CT molecular complexity index is 258. The van der Waals surface area contributed by atoms with Gasteiger partial charge < -0.3 is 9.84 Å². The Balaban J connectivity index is 2.74. The monoisotopic (exact) mass is 180 g/mol. The van der Waals surface area contributed by atoms with Crippen molar-refractivity contribution in [3.63, 3.8) is 0 Å². The second-order valence-electron chi connectivity index (χ2n) is 3.08. The molecule has 13 heavy (non-hydrogen) atoms. The topological polar surface area (TPSA) is 29.5 Å². The van der Waals surface area contributed by atoms with Gasteiger partial charge in [-0.2, -0.15) is 0 Å². The summed E-state index contributed by atoms with van der Waals surface area (Å²) < 4.78 is 5.18. The summed E-state index contributed by atoms with van der Waals surface area (Å²) in [5.41, 5.74) is 1.07. The SMILES string of the molecule is CC[C@H](O)Cc1ccccc1OC. The highest BCUT2D eigenvalue weighted by atomic mass is 16.5. The van der Waals surface area contributed by atoms with E-state index in [1.54, 1.807) is 7.11 Å². The number of hydrogen-bond donors (Lipinski definition) is 1. The van der Waals surface area contributed by atoms with E-state index < -0.39 is 0 Å². The normalized spacial score (nSPS) is 12.5. The van der Waals surface area contributed by atoms with Crippen molar-refractivity contribution in [2.75, 3.05) is 7.11 Å². The third-order valence-corrected chi connectivity index (χ3v) is 2.12. The van der Waals surface area contributed by atoms with Crippen LogP contribution in [-0.4, -0.2) is 18.3 Å². The lowest BCUT2D eigenvalue weighted by molar-refractivity contribution is 0.169. The molecule has 0 saturated heterocycles. The molecule has 0 fully saturated rings. The molecule has 1 aromatic rings. The molecule has 0 aliphatic rings. The van der Waals surface area contributed by atoms with Gasteiger partial charge in [0.2, 0.25) is 0 Å². The van der Waals surface area contributed by atoms with Gasteiger partial charge in [-0.1, -0.05) is 25.1 Å². The van der Waals surface area contributed by atoms with Crippen molar-refractivity contribution < 1.29 is 9.84 Å². The van der Waals surface area contributed by atoms with Gasteiger partial charge in [-0.15, -0.1) is 0 Å². The van der Waals surface area contributed by atoms with E-state index in [0.717, 1.165) is 17.7 Å². The highest BCUT2D eigenvalue weighted by molar-refractivity contribution is 5.33. The summed E-state index contributed by atoms with van der Waals surface area (Å²) in [6.45, 7) is 1.97. The Morgan fingerprint density at radius 2 is 2.08 bits per heavy atom. The lowest BCUT2D eigenvalue weighted by Crippen LogP contribution is -2.09. The minimum absolute atomic E-state index is 0.267. The van der Waals surface area contributed by atoms with Crippen LogP contribution in [0.1, 0.15) is 18.9 Å². The van der Waals surface area contributed by atoms with Crippen LogP contribution in [0.25, 0.3) is 0 Å². The molecule has 0 radical (unpaired) electrons. The minimum atomic E-state index is -0.267. The fourth-order valence-electron chi connectivity index (χ4n) is 1.27. The number of methoxy groups -OCH3 is 1. The molecule has 0 spiro atoms. The first kappa shape index (κ1) is 10.1. The molecule has 0 saturated carbocycles. The average Bonchev–Trinajstić information content (AvgIpc) is 2.18. The number of benzene rings is 1. The number of aliphatic hydroxyl groups is 1. The van der Waals surface area contributed by atoms with E-state index in [0.29, 0.717) is 6.42 Å². The van der Waals surface area contributed by atoms with Crippen LogP contribution in [0, 0.1) is 0 Å². The summed E-state index contributed by atoms with van der Waals surface area (Å²) in [6, 6.07) is 7.79. The van der Waals surface area contributed by atoms with Gasteiger partial charge in [-0.25, -0.2) is 0 Å². The Labute approximate surface area is 79.2 Å². The average molecular weight is 180 g/mol. The van der Waals surface area contributed by atoms with Gasteiger partial charge in [0, 0.05) is 6.42 Å². The van der Waals surface area contributed by atoms with E-state index in [2.05, 4.69) is 0 Å². The number of hydrogen-bond acceptors (Lipinski definition) is 2. The first-order chi connectivity index (χ1) is 6.27. The van der Waals surface area contributed by atoms with E-state index in [1.807, 2.05) is 31.2 Å². The van der Waals surface area contributed by atoms with Crippen molar-refractivity contribution >= 4 is 0 Å². The fourth-order valence-corrected chi connectivity index (χ4v) is 1.27. The van der Waals surface area contributed by atoms with Crippen LogP contribution in [0.3, 0.4) is 0 Å². The lowest BCUT2D eigenvalue weighted by atomic mass is 10.1. The number of rotatable bonds is 4. The Morgan fingerprint density at radius 3 is 2.69 bits per heavy atom. The second-order valence-corrected chi connectivity index (χ2v) is 3.08. The van der Waals surface area contributed by atoms with Crippen LogP contribution in [-0.2, 0) is 6.42 Å². The van der Waals surface area contributed by atoms with Crippen LogP contribution in [0.4, 0.5) is 0 Å². The summed E-state index contributed by atoms with van der Waals surface area (Å²) in [5.74, 6) is 0.856. The number of para-hydroxylation sites is 1. The van der Waals surface area contributed by atoms with Crippen molar-refractivity contribution in [2.24, 2.45) is 0 Å². The van der Waals surface area contributed by atoms with E-state index in [1.165, 1.54) is 0 Å². The minimum Gasteiger partial charge on any atom is -0.496 e. The summed E-state index contributed by atoms with van der Waals surface area (Å²) in [6.07, 6.45) is 1.18. The molecule has 2 nitrogen and oxygen atoms in total. The van der Waals surface area contributed by atoms with Crippen molar-refractivity contribution in [2.45, 2.75) is 25.9 Å². The van der Waals surface area contributed by atoms with Gasteiger partial charge in [-0.05, 0) is 18.1 Å². The molecule has 0 heterocycles. The Hall–Kier alpha value is -1.02. The predicted octanol–water partition coefficient (Wildman–Crippen LogP) is 2.01. The molecular weight excluding hydrogens is 164 g/mol. The largest absolute Gasteiger partial charge is 0.496 e. The zero-order valence-electron chi connectivity index (χ0n) is 8.16. The maximum absolute atomic E-state index is 9.48. The Kier molecular flexibility index (Phi) is 3.77. The molecule has 0 bridgehead atoms. The molecule has 1 atom stereocenters. The predicted molar refractivity (Wildman–Crippen MR) is 53.0 cm³/mol. The van der Waals surface area contributed by atoms with Crippen LogP contribution in [0.2, 0.25) is 0 Å². The standard InChI is InChI=1S/C11H16O2/c1-3-10(12)8-9-6-4-5-7-11(9)13-2/h4-7,10,12H,3,8H2,1-2H3/t10-/m0/s1. The van der Waals surface area contributed by atoms with Crippen molar-refractivity contribution in [3.8, 4) is 5.75 Å².